The molecule has 1 saturated heterocycles. The van der Waals surface area contributed by atoms with Gasteiger partial charge in [0.2, 0.25) is 0 Å². The van der Waals surface area contributed by atoms with Gasteiger partial charge in [-0.25, -0.2) is 0 Å². The third-order valence-electron chi connectivity index (χ3n) is 1.40. The fourth-order valence-electron chi connectivity index (χ4n) is 0.978. The zero-order chi connectivity index (χ0) is 6.85. The SMILES string of the molecule is C=C1CCON1C(C)C. The lowest BCUT2D eigenvalue weighted by molar-refractivity contribution is -0.113. The van der Waals surface area contributed by atoms with Gasteiger partial charge in [0.25, 0.3) is 0 Å². The molecular formula is C7H13NO. The van der Waals surface area contributed by atoms with Gasteiger partial charge in [0.15, 0.2) is 0 Å². The number of rotatable bonds is 1. The van der Waals surface area contributed by atoms with E-state index in [0.717, 1.165) is 18.7 Å². The van der Waals surface area contributed by atoms with Gasteiger partial charge in [-0.3, -0.25) is 9.90 Å². The number of hydrogen-bond donors (Lipinski definition) is 0. The van der Waals surface area contributed by atoms with Crippen LogP contribution in [0.15, 0.2) is 12.3 Å². The van der Waals surface area contributed by atoms with E-state index in [1.165, 1.54) is 0 Å². The monoisotopic (exact) mass is 127 g/mol. The van der Waals surface area contributed by atoms with Gasteiger partial charge in [0.1, 0.15) is 0 Å². The van der Waals surface area contributed by atoms with Crippen LogP contribution in [0, 0.1) is 0 Å². The van der Waals surface area contributed by atoms with Gasteiger partial charge in [0, 0.05) is 12.1 Å². The maximum atomic E-state index is 5.26. The number of hydroxylamine groups is 2. The predicted octanol–water partition coefficient (Wildman–Crippen LogP) is 1.55. The first-order chi connectivity index (χ1) is 4.22. The summed E-state index contributed by atoms with van der Waals surface area (Å²) in [7, 11) is 0. The molecule has 2 heteroatoms. The first kappa shape index (κ1) is 6.62. The molecule has 1 rings (SSSR count). The Bertz CT molecular complexity index is 120. The first-order valence-corrected chi connectivity index (χ1v) is 3.31. The topological polar surface area (TPSA) is 12.5 Å². The lowest BCUT2D eigenvalue weighted by Gasteiger charge is -2.21. The Hall–Kier alpha value is -0.500. The quantitative estimate of drug-likeness (QED) is 0.530. The van der Waals surface area contributed by atoms with Crippen LogP contribution >= 0.6 is 0 Å². The molecule has 52 valence electrons. The molecular weight excluding hydrogens is 114 g/mol. The molecule has 0 atom stereocenters. The van der Waals surface area contributed by atoms with Crippen molar-refractivity contribution in [2.45, 2.75) is 26.3 Å². The van der Waals surface area contributed by atoms with Crippen molar-refractivity contribution in [1.29, 1.82) is 0 Å². The fraction of sp³-hybridized carbons (Fsp3) is 0.714. The summed E-state index contributed by atoms with van der Waals surface area (Å²) >= 11 is 0. The third-order valence-corrected chi connectivity index (χ3v) is 1.40. The first-order valence-electron chi connectivity index (χ1n) is 3.31. The van der Waals surface area contributed by atoms with Crippen LogP contribution in [0.25, 0.3) is 0 Å². The summed E-state index contributed by atoms with van der Waals surface area (Å²) in [5, 5.41) is 1.88. The molecule has 0 aromatic rings. The summed E-state index contributed by atoms with van der Waals surface area (Å²) in [6, 6.07) is 0.431. The molecule has 0 aromatic carbocycles. The van der Waals surface area contributed by atoms with Crippen LogP contribution in [0.5, 0.6) is 0 Å². The highest BCUT2D eigenvalue weighted by Gasteiger charge is 2.17. The fourth-order valence-corrected chi connectivity index (χ4v) is 0.978. The summed E-state index contributed by atoms with van der Waals surface area (Å²) in [6.45, 7) is 8.85. The molecule has 0 unspecified atom stereocenters. The number of nitrogens with zero attached hydrogens (tertiary/aromatic N) is 1. The van der Waals surface area contributed by atoms with Gasteiger partial charge >= 0.3 is 0 Å². The second kappa shape index (κ2) is 2.40. The average Bonchev–Trinajstić information content (AvgIpc) is 2.13. The molecule has 0 aromatic heterocycles. The van der Waals surface area contributed by atoms with Crippen molar-refractivity contribution < 1.29 is 4.84 Å². The van der Waals surface area contributed by atoms with Crippen LogP contribution in [-0.2, 0) is 4.84 Å². The summed E-state index contributed by atoms with van der Waals surface area (Å²) in [5.74, 6) is 0. The van der Waals surface area contributed by atoms with Gasteiger partial charge in [-0.15, -0.1) is 0 Å². The minimum atomic E-state index is 0.431. The van der Waals surface area contributed by atoms with Gasteiger partial charge in [-0.1, -0.05) is 6.58 Å². The lowest BCUT2D eigenvalue weighted by Crippen LogP contribution is -2.23. The Balaban J connectivity index is 2.49. The zero-order valence-electron chi connectivity index (χ0n) is 6.05. The molecule has 0 saturated carbocycles. The van der Waals surface area contributed by atoms with E-state index in [1.807, 2.05) is 5.06 Å². The molecule has 9 heavy (non-hydrogen) atoms. The molecule has 0 bridgehead atoms. The summed E-state index contributed by atoms with van der Waals surface area (Å²) in [5.41, 5.74) is 1.10. The van der Waals surface area contributed by atoms with Crippen molar-refractivity contribution in [3.63, 3.8) is 0 Å². The third kappa shape index (κ3) is 1.24. The van der Waals surface area contributed by atoms with Gasteiger partial charge in [0.05, 0.1) is 12.6 Å². The van der Waals surface area contributed by atoms with Crippen LogP contribution in [-0.4, -0.2) is 17.7 Å². The van der Waals surface area contributed by atoms with Crippen molar-refractivity contribution in [3.05, 3.63) is 12.3 Å². The molecule has 0 amide bonds. The standard InChI is InChI=1S/C7H13NO/c1-6(2)8-7(3)4-5-9-8/h6H,3-5H2,1-2H3. The lowest BCUT2D eigenvalue weighted by atomic mass is 10.3. The van der Waals surface area contributed by atoms with Crippen LogP contribution in [0.4, 0.5) is 0 Å². The molecule has 1 heterocycles. The minimum absolute atomic E-state index is 0.431. The maximum Gasteiger partial charge on any atom is 0.0803 e. The zero-order valence-corrected chi connectivity index (χ0v) is 6.05. The Morgan fingerprint density at radius 1 is 1.67 bits per heavy atom. The second-order valence-corrected chi connectivity index (χ2v) is 2.57. The van der Waals surface area contributed by atoms with Crippen molar-refractivity contribution in [3.8, 4) is 0 Å². The van der Waals surface area contributed by atoms with E-state index < -0.39 is 0 Å². The predicted molar refractivity (Wildman–Crippen MR) is 36.7 cm³/mol. The van der Waals surface area contributed by atoms with E-state index in [0.29, 0.717) is 6.04 Å². The average molecular weight is 127 g/mol. The smallest absolute Gasteiger partial charge is 0.0803 e. The van der Waals surface area contributed by atoms with Crippen molar-refractivity contribution in [2.24, 2.45) is 0 Å². The van der Waals surface area contributed by atoms with Crippen LogP contribution < -0.4 is 0 Å². The maximum absolute atomic E-state index is 5.26. The van der Waals surface area contributed by atoms with E-state index in [4.69, 9.17) is 4.84 Å². The molecule has 1 fully saturated rings. The molecule has 0 radical (unpaired) electrons. The molecule has 1 aliphatic rings. The van der Waals surface area contributed by atoms with Crippen LogP contribution in [0.3, 0.4) is 0 Å². The Morgan fingerprint density at radius 2 is 2.33 bits per heavy atom. The summed E-state index contributed by atoms with van der Waals surface area (Å²) < 4.78 is 0. The normalized spacial score (nSPS) is 19.9. The number of hydrogen-bond acceptors (Lipinski definition) is 2. The van der Waals surface area contributed by atoms with E-state index in [-0.39, 0.29) is 0 Å². The van der Waals surface area contributed by atoms with Gasteiger partial charge in [-0.05, 0) is 13.8 Å². The Labute approximate surface area is 56.1 Å². The Morgan fingerprint density at radius 3 is 2.56 bits per heavy atom. The largest absolute Gasteiger partial charge is 0.273 e. The van der Waals surface area contributed by atoms with Crippen molar-refractivity contribution in [1.82, 2.24) is 5.06 Å². The minimum Gasteiger partial charge on any atom is -0.273 e. The highest BCUT2D eigenvalue weighted by atomic mass is 16.7. The molecule has 0 aliphatic carbocycles. The van der Waals surface area contributed by atoms with E-state index in [1.54, 1.807) is 0 Å². The van der Waals surface area contributed by atoms with Gasteiger partial charge in [-0.2, -0.15) is 0 Å². The van der Waals surface area contributed by atoms with Crippen molar-refractivity contribution in [2.75, 3.05) is 6.61 Å². The summed E-state index contributed by atoms with van der Waals surface area (Å²) in [6.07, 6.45) is 0.984. The Kier molecular flexibility index (Phi) is 1.76. The highest BCUT2D eigenvalue weighted by Crippen LogP contribution is 2.18. The summed E-state index contributed by atoms with van der Waals surface area (Å²) in [4.78, 5) is 5.26. The molecule has 0 spiro atoms. The van der Waals surface area contributed by atoms with Crippen molar-refractivity contribution >= 4 is 0 Å². The second-order valence-electron chi connectivity index (χ2n) is 2.57. The van der Waals surface area contributed by atoms with E-state index in [2.05, 4.69) is 20.4 Å². The van der Waals surface area contributed by atoms with E-state index in [9.17, 15) is 0 Å². The molecule has 2 nitrogen and oxygen atoms in total. The van der Waals surface area contributed by atoms with E-state index >= 15 is 0 Å². The molecule has 1 aliphatic heterocycles. The van der Waals surface area contributed by atoms with Crippen LogP contribution in [0.1, 0.15) is 20.3 Å². The van der Waals surface area contributed by atoms with Gasteiger partial charge < -0.3 is 0 Å². The highest BCUT2D eigenvalue weighted by molar-refractivity contribution is 4.94. The van der Waals surface area contributed by atoms with Crippen LogP contribution in [0.2, 0.25) is 0 Å². The molecule has 0 N–H and O–H groups in total.